The zero-order valence-electron chi connectivity index (χ0n) is 10.2. The Kier molecular flexibility index (Phi) is 4.36. The molecule has 8 heteroatoms. The number of aryl methyl sites for hydroxylation is 1. The molecule has 6 nitrogen and oxygen atoms in total. The smallest absolute Gasteiger partial charge is 0.240 e. The van der Waals surface area contributed by atoms with Crippen LogP contribution < -0.4 is 10.5 Å². The molecule has 0 amide bonds. The molecule has 0 bridgehead atoms. The van der Waals surface area contributed by atoms with Gasteiger partial charge in [-0.2, -0.15) is 0 Å². The molecule has 18 heavy (non-hydrogen) atoms. The molecule has 0 aliphatic carbocycles. The first-order valence-corrected chi connectivity index (χ1v) is 8.70. The van der Waals surface area contributed by atoms with Crippen LogP contribution in [0.2, 0.25) is 0 Å². The highest BCUT2D eigenvalue weighted by Gasteiger charge is 2.17. The summed E-state index contributed by atoms with van der Waals surface area (Å²) in [4.78, 5) is 0.102. The molecular weight excluding hydrogens is 276 g/mol. The summed E-state index contributed by atoms with van der Waals surface area (Å²) in [6, 6.07) is 4.43. The summed E-state index contributed by atoms with van der Waals surface area (Å²) in [6.07, 6.45) is 1.05. The van der Waals surface area contributed by atoms with Gasteiger partial charge in [0.25, 0.3) is 0 Å². The Morgan fingerprint density at radius 3 is 2.33 bits per heavy atom. The maximum Gasteiger partial charge on any atom is 0.240 e. The molecule has 0 atom stereocenters. The second kappa shape index (κ2) is 5.25. The van der Waals surface area contributed by atoms with Gasteiger partial charge in [0.05, 0.1) is 10.6 Å². The predicted molar refractivity (Wildman–Crippen MR) is 70.5 cm³/mol. The van der Waals surface area contributed by atoms with Gasteiger partial charge in [-0.05, 0) is 30.7 Å². The Balaban J connectivity index is 2.87. The van der Waals surface area contributed by atoms with Crippen LogP contribution in [0.5, 0.6) is 0 Å². The van der Waals surface area contributed by atoms with E-state index in [0.717, 1.165) is 6.26 Å². The SMILES string of the molecule is Cc1cc(N)ccc1S(=O)(=O)NCCS(C)(=O)=O. The fraction of sp³-hybridized carbons (Fsp3) is 0.400. The zero-order chi connectivity index (χ0) is 14.0. The van der Waals surface area contributed by atoms with Crippen LogP contribution in [0.1, 0.15) is 5.56 Å². The van der Waals surface area contributed by atoms with Crippen molar-refractivity contribution in [3.05, 3.63) is 23.8 Å². The quantitative estimate of drug-likeness (QED) is 0.737. The van der Waals surface area contributed by atoms with Crippen molar-refractivity contribution in [2.24, 2.45) is 0 Å². The van der Waals surface area contributed by atoms with E-state index in [2.05, 4.69) is 4.72 Å². The number of nitrogens with one attached hydrogen (secondary N) is 1. The summed E-state index contributed by atoms with van der Waals surface area (Å²) in [7, 11) is -6.89. The molecule has 0 fully saturated rings. The van der Waals surface area contributed by atoms with Gasteiger partial charge in [0.1, 0.15) is 9.84 Å². The van der Waals surface area contributed by atoms with Gasteiger partial charge in [-0.15, -0.1) is 0 Å². The number of hydrogen-bond acceptors (Lipinski definition) is 5. The maximum absolute atomic E-state index is 11.9. The first-order valence-electron chi connectivity index (χ1n) is 5.15. The lowest BCUT2D eigenvalue weighted by Gasteiger charge is -2.09. The molecule has 0 heterocycles. The van der Waals surface area contributed by atoms with Crippen LogP contribution in [0, 0.1) is 6.92 Å². The normalized spacial score (nSPS) is 12.6. The molecule has 0 aliphatic rings. The van der Waals surface area contributed by atoms with E-state index in [-0.39, 0.29) is 17.2 Å². The number of hydrogen-bond donors (Lipinski definition) is 2. The molecule has 0 spiro atoms. The molecule has 3 N–H and O–H groups in total. The summed E-state index contributed by atoms with van der Waals surface area (Å²) < 4.78 is 47.9. The molecule has 0 aliphatic heterocycles. The molecule has 1 aromatic rings. The molecule has 0 saturated carbocycles. The van der Waals surface area contributed by atoms with Crippen molar-refractivity contribution in [2.75, 3.05) is 24.3 Å². The van der Waals surface area contributed by atoms with Crippen molar-refractivity contribution < 1.29 is 16.8 Å². The molecule has 0 unspecified atom stereocenters. The van der Waals surface area contributed by atoms with E-state index in [9.17, 15) is 16.8 Å². The lowest BCUT2D eigenvalue weighted by Crippen LogP contribution is -2.29. The van der Waals surface area contributed by atoms with Crippen LogP contribution in [0.3, 0.4) is 0 Å². The third-order valence-corrected chi connectivity index (χ3v) is 4.82. The minimum absolute atomic E-state index is 0.102. The summed E-state index contributed by atoms with van der Waals surface area (Å²) in [6.45, 7) is 1.48. The van der Waals surface area contributed by atoms with Crippen LogP contribution in [0.15, 0.2) is 23.1 Å². The van der Waals surface area contributed by atoms with E-state index in [4.69, 9.17) is 5.73 Å². The summed E-state index contributed by atoms with van der Waals surface area (Å²) in [5, 5.41) is 0. The summed E-state index contributed by atoms with van der Waals surface area (Å²) in [5.74, 6) is -0.236. The summed E-state index contributed by atoms with van der Waals surface area (Å²) in [5.41, 5.74) is 6.52. The highest BCUT2D eigenvalue weighted by Crippen LogP contribution is 2.17. The van der Waals surface area contributed by atoms with Crippen molar-refractivity contribution in [1.29, 1.82) is 0 Å². The standard InChI is InChI=1S/C10H16N2O4S2/c1-8-7-9(11)3-4-10(8)18(15,16)12-5-6-17(2,13)14/h3-4,7,12H,5-6,11H2,1-2H3. The van der Waals surface area contributed by atoms with Crippen LogP contribution in [0.25, 0.3) is 0 Å². The number of nitrogen functional groups attached to an aromatic ring is 1. The van der Waals surface area contributed by atoms with Gasteiger partial charge in [0.2, 0.25) is 10.0 Å². The lowest BCUT2D eigenvalue weighted by atomic mass is 10.2. The first kappa shape index (κ1) is 14.9. The highest BCUT2D eigenvalue weighted by atomic mass is 32.2. The van der Waals surface area contributed by atoms with E-state index >= 15 is 0 Å². The van der Waals surface area contributed by atoms with Crippen molar-refractivity contribution in [3.8, 4) is 0 Å². The zero-order valence-corrected chi connectivity index (χ0v) is 11.8. The Labute approximate surface area is 107 Å². The fourth-order valence-corrected chi connectivity index (χ4v) is 3.27. The van der Waals surface area contributed by atoms with Crippen molar-refractivity contribution in [2.45, 2.75) is 11.8 Å². The van der Waals surface area contributed by atoms with Crippen LogP contribution >= 0.6 is 0 Å². The monoisotopic (exact) mass is 292 g/mol. The highest BCUT2D eigenvalue weighted by molar-refractivity contribution is 7.91. The van der Waals surface area contributed by atoms with E-state index in [1.807, 2.05) is 0 Å². The molecule has 0 radical (unpaired) electrons. The third-order valence-electron chi connectivity index (χ3n) is 2.25. The molecule has 102 valence electrons. The van der Waals surface area contributed by atoms with Crippen LogP contribution in [-0.4, -0.2) is 35.4 Å². The first-order chi connectivity index (χ1) is 8.12. The minimum Gasteiger partial charge on any atom is -0.399 e. The van der Waals surface area contributed by atoms with Gasteiger partial charge in [0, 0.05) is 18.5 Å². The Morgan fingerprint density at radius 1 is 1.22 bits per heavy atom. The average Bonchev–Trinajstić information content (AvgIpc) is 2.13. The van der Waals surface area contributed by atoms with E-state index in [0.29, 0.717) is 11.3 Å². The van der Waals surface area contributed by atoms with Gasteiger partial charge < -0.3 is 5.73 Å². The van der Waals surface area contributed by atoms with Gasteiger partial charge >= 0.3 is 0 Å². The molecule has 0 aromatic heterocycles. The van der Waals surface area contributed by atoms with Crippen molar-refractivity contribution in [3.63, 3.8) is 0 Å². The van der Waals surface area contributed by atoms with Gasteiger partial charge in [-0.1, -0.05) is 0 Å². The topological polar surface area (TPSA) is 106 Å². The van der Waals surface area contributed by atoms with Gasteiger partial charge in [-0.3, -0.25) is 0 Å². The predicted octanol–water partition coefficient (Wildman–Crippen LogP) is -0.0999. The average molecular weight is 292 g/mol. The Hall–Kier alpha value is -1.12. The number of rotatable bonds is 5. The Morgan fingerprint density at radius 2 is 1.83 bits per heavy atom. The van der Waals surface area contributed by atoms with Crippen LogP contribution in [-0.2, 0) is 19.9 Å². The molecule has 1 rings (SSSR count). The fourth-order valence-electron chi connectivity index (χ4n) is 1.41. The summed E-state index contributed by atoms with van der Waals surface area (Å²) >= 11 is 0. The van der Waals surface area contributed by atoms with E-state index in [1.54, 1.807) is 13.0 Å². The number of anilines is 1. The maximum atomic E-state index is 11.9. The van der Waals surface area contributed by atoms with E-state index in [1.165, 1.54) is 12.1 Å². The molecular formula is C10H16N2O4S2. The lowest BCUT2D eigenvalue weighted by molar-refractivity contribution is 0.581. The Bertz CT molecular complexity index is 636. The third kappa shape index (κ3) is 4.28. The number of sulfonamides is 1. The second-order valence-corrected chi connectivity index (χ2v) is 8.05. The molecule has 1 aromatic carbocycles. The largest absolute Gasteiger partial charge is 0.399 e. The van der Waals surface area contributed by atoms with E-state index < -0.39 is 19.9 Å². The van der Waals surface area contributed by atoms with Crippen LogP contribution in [0.4, 0.5) is 5.69 Å². The van der Waals surface area contributed by atoms with Crippen molar-refractivity contribution in [1.82, 2.24) is 4.72 Å². The number of sulfone groups is 1. The number of benzene rings is 1. The second-order valence-electron chi connectivity index (χ2n) is 4.05. The minimum atomic E-state index is -3.70. The molecule has 0 saturated heterocycles. The number of nitrogens with two attached hydrogens (primary N) is 1. The van der Waals surface area contributed by atoms with Crippen molar-refractivity contribution >= 4 is 25.5 Å². The van der Waals surface area contributed by atoms with Gasteiger partial charge in [0.15, 0.2) is 0 Å². The van der Waals surface area contributed by atoms with Gasteiger partial charge in [-0.25, -0.2) is 21.6 Å².